The Hall–Kier alpha value is -2.02. The Balaban J connectivity index is 1.91. The zero-order chi connectivity index (χ0) is 14.7. The molecule has 2 aromatic heterocycles. The number of nitrogens with zero attached hydrogens (tertiary/aromatic N) is 5. The van der Waals surface area contributed by atoms with Gasteiger partial charge in [-0.2, -0.15) is 5.10 Å². The minimum atomic E-state index is -0.0782. The van der Waals surface area contributed by atoms with Crippen molar-refractivity contribution in [1.82, 2.24) is 29.6 Å². The van der Waals surface area contributed by atoms with Gasteiger partial charge in [-0.05, 0) is 32.4 Å². The maximum Gasteiger partial charge on any atom is 0.346 e. The number of rotatable bonds is 4. The third-order valence-electron chi connectivity index (χ3n) is 3.84. The van der Waals surface area contributed by atoms with E-state index in [-0.39, 0.29) is 5.69 Å². The van der Waals surface area contributed by atoms with Crippen molar-refractivity contribution >= 4 is 0 Å². The van der Waals surface area contributed by atoms with Crippen LogP contribution in [0.5, 0.6) is 0 Å². The number of hydrogen-bond donors (Lipinski definition) is 1. The van der Waals surface area contributed by atoms with Crippen molar-refractivity contribution < 1.29 is 0 Å². The van der Waals surface area contributed by atoms with Gasteiger partial charge in [0.05, 0.1) is 0 Å². The molecule has 3 rings (SSSR count). The number of nitrogens with one attached hydrogen (secondary N) is 1. The van der Waals surface area contributed by atoms with Gasteiger partial charge in [0.1, 0.15) is 18.2 Å². The van der Waals surface area contributed by atoms with Gasteiger partial charge in [-0.15, -0.1) is 0 Å². The van der Waals surface area contributed by atoms with Gasteiger partial charge in [0.25, 0.3) is 0 Å². The fraction of sp³-hybridized carbons (Fsp3) is 0.571. The second-order valence-electron chi connectivity index (χ2n) is 5.25. The van der Waals surface area contributed by atoms with Crippen molar-refractivity contribution in [3.05, 3.63) is 40.6 Å². The van der Waals surface area contributed by atoms with Gasteiger partial charge in [-0.3, -0.25) is 4.57 Å². The van der Waals surface area contributed by atoms with E-state index < -0.39 is 0 Å². The summed E-state index contributed by atoms with van der Waals surface area (Å²) in [4.78, 5) is 20.8. The molecule has 7 heteroatoms. The first-order chi connectivity index (χ1) is 10.3. The smallest absolute Gasteiger partial charge is 0.316 e. The minimum Gasteiger partial charge on any atom is -0.316 e. The molecule has 1 saturated heterocycles. The Bertz CT molecular complexity index is 641. The van der Waals surface area contributed by atoms with Crippen LogP contribution in [0.3, 0.4) is 0 Å². The van der Waals surface area contributed by atoms with Crippen molar-refractivity contribution in [2.24, 2.45) is 0 Å². The van der Waals surface area contributed by atoms with Crippen LogP contribution in [0.1, 0.15) is 37.3 Å². The molecule has 1 unspecified atom stereocenters. The second kappa shape index (κ2) is 6.17. The molecule has 21 heavy (non-hydrogen) atoms. The number of piperidine rings is 1. The predicted molar refractivity (Wildman–Crippen MR) is 78.1 cm³/mol. The molecule has 1 N–H and O–H groups in total. The lowest BCUT2D eigenvalue weighted by molar-refractivity contribution is 0.431. The van der Waals surface area contributed by atoms with E-state index in [2.05, 4.69) is 20.4 Å². The highest BCUT2D eigenvalue weighted by Gasteiger charge is 2.23. The summed E-state index contributed by atoms with van der Waals surface area (Å²) in [7, 11) is 0. The Kier molecular flexibility index (Phi) is 4.10. The van der Waals surface area contributed by atoms with E-state index >= 15 is 0 Å². The van der Waals surface area contributed by atoms with Crippen LogP contribution in [0, 0.1) is 0 Å². The molecule has 0 spiro atoms. The van der Waals surface area contributed by atoms with Crippen molar-refractivity contribution in [3.63, 3.8) is 0 Å². The zero-order valence-electron chi connectivity index (χ0n) is 12.2. The van der Waals surface area contributed by atoms with Crippen molar-refractivity contribution in [2.75, 3.05) is 13.1 Å². The van der Waals surface area contributed by atoms with Gasteiger partial charge in [0.15, 0.2) is 0 Å². The molecule has 0 amide bonds. The third-order valence-corrected chi connectivity index (χ3v) is 3.84. The normalized spacial score (nSPS) is 18.8. The molecule has 1 aliphatic heterocycles. The predicted octanol–water partition coefficient (Wildman–Crippen LogP) is 0.370. The molecule has 0 aromatic carbocycles. The van der Waals surface area contributed by atoms with Crippen LogP contribution in [0.4, 0.5) is 0 Å². The van der Waals surface area contributed by atoms with Crippen LogP contribution in [0.25, 0.3) is 0 Å². The lowest BCUT2D eigenvalue weighted by atomic mass is 9.99. The Morgan fingerprint density at radius 3 is 2.86 bits per heavy atom. The summed E-state index contributed by atoms with van der Waals surface area (Å²) in [6, 6.07) is 1.76. The van der Waals surface area contributed by atoms with Gasteiger partial charge in [-0.25, -0.2) is 19.4 Å². The Morgan fingerprint density at radius 1 is 1.38 bits per heavy atom. The van der Waals surface area contributed by atoms with Crippen LogP contribution in [0.2, 0.25) is 0 Å². The fourth-order valence-corrected chi connectivity index (χ4v) is 2.78. The summed E-state index contributed by atoms with van der Waals surface area (Å²) in [5, 5.41) is 7.92. The molecule has 1 aliphatic rings. The average molecular weight is 288 g/mol. The van der Waals surface area contributed by atoms with Crippen LogP contribution in [-0.4, -0.2) is 37.4 Å². The molecular formula is C14H20N6O. The van der Waals surface area contributed by atoms with E-state index in [1.807, 2.05) is 6.92 Å². The fourth-order valence-electron chi connectivity index (χ4n) is 2.78. The molecule has 2 aromatic rings. The van der Waals surface area contributed by atoms with Crippen molar-refractivity contribution in [2.45, 2.75) is 38.8 Å². The van der Waals surface area contributed by atoms with Crippen LogP contribution < -0.4 is 11.0 Å². The van der Waals surface area contributed by atoms with Gasteiger partial charge in [-0.1, -0.05) is 0 Å². The Morgan fingerprint density at radius 2 is 2.19 bits per heavy atom. The first kappa shape index (κ1) is 13.9. The topological polar surface area (TPSA) is 77.6 Å². The molecule has 0 saturated carbocycles. The van der Waals surface area contributed by atoms with Crippen molar-refractivity contribution in [3.8, 4) is 0 Å². The summed E-state index contributed by atoms with van der Waals surface area (Å²) < 4.78 is 3.24. The molecule has 1 fully saturated rings. The molecule has 112 valence electrons. The molecule has 1 atom stereocenters. The monoisotopic (exact) mass is 288 g/mol. The summed E-state index contributed by atoms with van der Waals surface area (Å²) in [5.74, 6) is 1.80. The largest absolute Gasteiger partial charge is 0.346 e. The second-order valence-corrected chi connectivity index (χ2v) is 5.25. The molecule has 0 aliphatic carbocycles. The third kappa shape index (κ3) is 2.87. The van der Waals surface area contributed by atoms with E-state index in [9.17, 15) is 4.79 Å². The SMILES string of the molecule is CCn1c(C2CCCNC2)nn(Cc2ncccn2)c1=O. The maximum atomic E-state index is 12.5. The van der Waals surface area contributed by atoms with Crippen LogP contribution in [0.15, 0.2) is 23.3 Å². The maximum absolute atomic E-state index is 12.5. The van der Waals surface area contributed by atoms with E-state index in [0.29, 0.717) is 24.8 Å². The minimum absolute atomic E-state index is 0.0782. The molecule has 0 bridgehead atoms. The van der Waals surface area contributed by atoms with Gasteiger partial charge < -0.3 is 5.32 Å². The first-order valence-electron chi connectivity index (χ1n) is 7.43. The lowest BCUT2D eigenvalue weighted by Gasteiger charge is -2.21. The van der Waals surface area contributed by atoms with E-state index in [1.54, 1.807) is 23.0 Å². The quantitative estimate of drug-likeness (QED) is 0.879. The highest BCUT2D eigenvalue weighted by molar-refractivity contribution is 5.01. The number of aromatic nitrogens is 5. The zero-order valence-corrected chi connectivity index (χ0v) is 12.2. The molecule has 7 nitrogen and oxygen atoms in total. The average Bonchev–Trinajstić information content (AvgIpc) is 2.85. The molecular weight excluding hydrogens is 268 g/mol. The van der Waals surface area contributed by atoms with Gasteiger partial charge in [0, 0.05) is 31.4 Å². The van der Waals surface area contributed by atoms with Crippen LogP contribution >= 0.6 is 0 Å². The van der Waals surface area contributed by atoms with E-state index in [4.69, 9.17) is 0 Å². The molecule has 0 radical (unpaired) electrons. The summed E-state index contributed by atoms with van der Waals surface area (Å²) in [6.07, 6.45) is 5.55. The summed E-state index contributed by atoms with van der Waals surface area (Å²) >= 11 is 0. The highest BCUT2D eigenvalue weighted by Crippen LogP contribution is 2.20. The standard InChI is InChI=1S/C14H20N6O/c1-2-19-13(11-5-3-6-15-9-11)18-20(14(19)21)10-12-16-7-4-8-17-12/h4,7-8,11,15H,2-3,5-6,9-10H2,1H3. The lowest BCUT2D eigenvalue weighted by Crippen LogP contribution is -2.31. The van der Waals surface area contributed by atoms with E-state index in [0.717, 1.165) is 31.8 Å². The first-order valence-corrected chi connectivity index (χ1v) is 7.43. The highest BCUT2D eigenvalue weighted by atomic mass is 16.2. The summed E-state index contributed by atoms with van der Waals surface area (Å²) in [5.41, 5.74) is -0.0782. The van der Waals surface area contributed by atoms with Gasteiger partial charge >= 0.3 is 5.69 Å². The van der Waals surface area contributed by atoms with E-state index in [1.165, 1.54) is 4.68 Å². The number of hydrogen-bond acceptors (Lipinski definition) is 5. The van der Waals surface area contributed by atoms with Crippen LogP contribution in [-0.2, 0) is 13.1 Å². The Labute approximate surface area is 123 Å². The van der Waals surface area contributed by atoms with Gasteiger partial charge in [0.2, 0.25) is 0 Å². The van der Waals surface area contributed by atoms with Crippen molar-refractivity contribution in [1.29, 1.82) is 0 Å². The summed E-state index contributed by atoms with van der Waals surface area (Å²) in [6.45, 7) is 4.87. The molecule has 3 heterocycles.